The molecule has 0 unspecified atom stereocenters. The minimum atomic E-state index is -2.66. The Bertz CT molecular complexity index is 3120. The quantitative estimate of drug-likeness (QED) is 0.112. The van der Waals surface area contributed by atoms with Crippen LogP contribution in [0.1, 0.15) is 0 Å². The summed E-state index contributed by atoms with van der Waals surface area (Å²) in [4.78, 5) is 9.62. The van der Waals surface area contributed by atoms with E-state index in [-0.39, 0.29) is 31.0 Å². The summed E-state index contributed by atoms with van der Waals surface area (Å²) in [5.74, 6) is 0.528. The number of aromatic hydroxyl groups is 2. The van der Waals surface area contributed by atoms with Gasteiger partial charge in [0.15, 0.2) is 16.9 Å². The Labute approximate surface area is 402 Å². The fourth-order valence-electron chi connectivity index (χ4n) is 8.55. The average Bonchev–Trinajstić information content (AvgIpc) is 4.00. The van der Waals surface area contributed by atoms with Gasteiger partial charge in [-0.1, -0.05) is 198 Å². The molecule has 65 heavy (non-hydrogen) atoms. The zero-order chi connectivity index (χ0) is 43.3. The molecule has 11 aromatic rings. The van der Waals surface area contributed by atoms with E-state index in [9.17, 15) is 10.2 Å². The maximum absolute atomic E-state index is 11.0. The van der Waals surface area contributed by atoms with Crippen molar-refractivity contribution in [2.45, 2.75) is 0 Å². The van der Waals surface area contributed by atoms with E-state index in [0.29, 0.717) is 0 Å². The van der Waals surface area contributed by atoms with Crippen LogP contribution in [0.2, 0.25) is 0 Å². The Morgan fingerprint density at radius 3 is 1.15 bits per heavy atom. The van der Waals surface area contributed by atoms with Crippen LogP contribution in [-0.4, -0.2) is 37.1 Å². The summed E-state index contributed by atoms with van der Waals surface area (Å²) in [7, 11) is -3.85. The second kappa shape index (κ2) is 19.7. The van der Waals surface area contributed by atoms with Gasteiger partial charge in [-0.2, -0.15) is 0 Å². The molecule has 1 radical (unpaired) electrons. The van der Waals surface area contributed by atoms with Gasteiger partial charge in [0.2, 0.25) is 0 Å². The molecular weight excluding hydrogens is 918 g/mol. The maximum Gasteiger partial charge on any atom is 0.179 e. The van der Waals surface area contributed by atoms with Gasteiger partial charge >= 0.3 is 0 Å². The molecule has 0 aliphatic carbocycles. The van der Waals surface area contributed by atoms with Crippen molar-refractivity contribution < 1.29 is 29.7 Å². The normalized spacial score (nSPS) is 11.2. The first kappa shape index (κ1) is 43.7. The second-order valence-electron chi connectivity index (χ2n) is 15.4. The number of benzene rings is 9. The Kier molecular flexibility index (Phi) is 13.2. The standard InChI is InChI=1S/C31H23NOSSi.C25H18NOSSi.Zn/c33-29-21-20-26(22-27(29)31-32-28-18-10-11-19-30(28)34-31)35(23-12-4-1-5-13-23,24-14-6-2-7-15-24)25-16-8-3-9-17-25;27-23-16-15-20(17-21(23)25-26-22-13-7-8-14-24(22)28-25)29(18-9-3-1-4-10-18)19-11-5-2-6-12-19;/h1-22,33H;1-17,27H;. The van der Waals surface area contributed by atoms with Crippen molar-refractivity contribution in [3.63, 3.8) is 0 Å². The number of nitrogens with zero attached hydrogens (tertiary/aromatic N) is 2. The molecule has 0 spiro atoms. The second-order valence-corrected chi connectivity index (χ2v) is 23.7. The van der Waals surface area contributed by atoms with Gasteiger partial charge < -0.3 is 10.2 Å². The first-order valence-corrected chi connectivity index (χ1v) is 26.2. The van der Waals surface area contributed by atoms with Gasteiger partial charge in [-0.25, -0.2) is 9.97 Å². The van der Waals surface area contributed by atoms with E-state index in [4.69, 9.17) is 9.97 Å². The van der Waals surface area contributed by atoms with E-state index in [1.807, 2.05) is 48.5 Å². The summed E-state index contributed by atoms with van der Waals surface area (Å²) >= 11 is 3.23. The summed E-state index contributed by atoms with van der Waals surface area (Å²) in [5.41, 5.74) is 3.50. The Morgan fingerprint density at radius 2 is 0.723 bits per heavy atom. The molecule has 0 saturated heterocycles. The number of aromatic nitrogens is 2. The van der Waals surface area contributed by atoms with Crippen LogP contribution in [-0.2, 0) is 19.5 Å². The van der Waals surface area contributed by atoms with Crippen molar-refractivity contribution >= 4 is 96.3 Å². The summed E-state index contributed by atoms with van der Waals surface area (Å²) in [6, 6.07) is 82.1. The Morgan fingerprint density at radius 1 is 0.354 bits per heavy atom. The van der Waals surface area contributed by atoms with Gasteiger partial charge in [0.25, 0.3) is 0 Å². The summed E-state index contributed by atoms with van der Waals surface area (Å²) in [5, 5.41) is 32.3. The molecule has 0 aliphatic heterocycles. The Balaban J connectivity index is 0.000000164. The molecule has 2 aromatic heterocycles. The van der Waals surface area contributed by atoms with Gasteiger partial charge in [-0.15, -0.1) is 22.7 Å². The third kappa shape index (κ3) is 8.82. The third-order valence-corrected chi connectivity index (χ3v) is 21.1. The molecule has 9 heteroatoms. The van der Waals surface area contributed by atoms with E-state index < -0.39 is 16.9 Å². The third-order valence-electron chi connectivity index (χ3n) is 11.5. The van der Waals surface area contributed by atoms with Gasteiger partial charge in [-0.05, 0) is 74.5 Å². The molecule has 4 nitrogen and oxygen atoms in total. The van der Waals surface area contributed by atoms with Gasteiger partial charge in [0.05, 0.1) is 31.6 Å². The largest absolute Gasteiger partial charge is 0.507 e. The van der Waals surface area contributed by atoms with Crippen molar-refractivity contribution in [2.24, 2.45) is 0 Å². The molecule has 2 N–H and O–H groups in total. The fourth-order valence-corrected chi connectivity index (χ4v) is 17.9. The molecule has 0 bridgehead atoms. The molecule has 0 saturated carbocycles. The molecule has 2 heterocycles. The molecule has 309 valence electrons. The molecule has 0 atom stereocenters. The van der Waals surface area contributed by atoms with Crippen LogP contribution in [0.3, 0.4) is 0 Å². The maximum atomic E-state index is 11.0. The number of phenolic OH excluding ortho intramolecular Hbond substituents is 2. The van der Waals surface area contributed by atoms with Crippen LogP contribution in [0.15, 0.2) is 237 Å². The van der Waals surface area contributed by atoms with Crippen molar-refractivity contribution in [1.29, 1.82) is 0 Å². The van der Waals surface area contributed by atoms with Crippen LogP contribution in [0.4, 0.5) is 0 Å². The minimum absolute atomic E-state index is 0. The van der Waals surface area contributed by atoms with Crippen molar-refractivity contribution in [3.8, 4) is 32.6 Å². The van der Waals surface area contributed by atoms with Gasteiger partial charge in [0, 0.05) is 19.5 Å². The van der Waals surface area contributed by atoms with E-state index in [0.717, 1.165) is 41.6 Å². The number of para-hydroxylation sites is 2. The molecule has 9 aromatic carbocycles. The molecule has 0 aliphatic rings. The van der Waals surface area contributed by atoms with Crippen LogP contribution in [0.25, 0.3) is 41.6 Å². The number of rotatable bonds is 9. The first-order valence-electron chi connectivity index (χ1n) is 21.1. The topological polar surface area (TPSA) is 66.2 Å². The predicted octanol–water partition coefficient (Wildman–Crippen LogP) is 9.23. The number of thiazole rings is 2. The monoisotopic (exact) mass is 957 g/mol. The van der Waals surface area contributed by atoms with Gasteiger partial charge in [0.1, 0.15) is 21.5 Å². The zero-order valence-electron chi connectivity index (χ0n) is 35.3. The predicted molar refractivity (Wildman–Crippen MR) is 275 cm³/mol. The summed E-state index contributed by atoms with van der Waals surface area (Å²) in [6.45, 7) is 0. The van der Waals surface area contributed by atoms with Crippen molar-refractivity contribution in [2.75, 3.05) is 0 Å². The number of hydrogen-bond donors (Lipinski definition) is 2. The summed E-state index contributed by atoms with van der Waals surface area (Å²) < 4.78 is 2.24. The molecule has 11 rings (SSSR count). The first-order chi connectivity index (χ1) is 31.6. The molecular formula is C56H41N2O2S2Si2Zn. The van der Waals surface area contributed by atoms with Gasteiger partial charge in [-0.3, -0.25) is 0 Å². The van der Waals surface area contributed by atoms with Crippen molar-refractivity contribution in [3.05, 3.63) is 237 Å². The minimum Gasteiger partial charge on any atom is -0.507 e. The SMILES string of the molecule is Oc1ccc([Si](c2ccccc2)(c2ccccc2)c2ccccc2)cc1-c1nc2ccccc2s1.Oc1ccc([Si](c2ccccc2)c2ccccc2)cc1-c1nc2ccccc2s1.[Zn]. The molecule has 0 fully saturated rings. The van der Waals surface area contributed by atoms with E-state index in [2.05, 4.69) is 188 Å². The molecule has 0 amide bonds. The summed E-state index contributed by atoms with van der Waals surface area (Å²) in [6.07, 6.45) is 0. The van der Waals surface area contributed by atoms with Crippen LogP contribution in [0.5, 0.6) is 11.5 Å². The van der Waals surface area contributed by atoms with Crippen LogP contribution < -0.4 is 36.3 Å². The number of fused-ring (bicyclic) bond motifs is 2. The van der Waals surface area contributed by atoms with Crippen LogP contribution in [0, 0.1) is 0 Å². The van der Waals surface area contributed by atoms with E-state index in [1.165, 1.54) is 36.3 Å². The van der Waals surface area contributed by atoms with E-state index >= 15 is 0 Å². The van der Waals surface area contributed by atoms with Crippen molar-refractivity contribution in [1.82, 2.24) is 9.97 Å². The van der Waals surface area contributed by atoms with E-state index in [1.54, 1.807) is 22.7 Å². The number of phenols is 2. The Hall–Kier alpha value is -6.58. The average molecular weight is 960 g/mol. The zero-order valence-corrected chi connectivity index (χ0v) is 41.9. The fraction of sp³-hybridized carbons (Fsp3) is 0. The number of hydrogen-bond acceptors (Lipinski definition) is 6. The smallest absolute Gasteiger partial charge is 0.179 e. The van der Waals surface area contributed by atoms with Crippen LogP contribution >= 0.6 is 22.7 Å².